The smallest absolute Gasteiger partial charge is 0.251 e. The van der Waals surface area contributed by atoms with Crippen molar-refractivity contribution in [1.29, 1.82) is 0 Å². The summed E-state index contributed by atoms with van der Waals surface area (Å²) in [5.41, 5.74) is 0.677. The highest BCUT2D eigenvalue weighted by Gasteiger charge is 2.10. The Hall–Kier alpha value is -1.63. The highest BCUT2D eigenvalue weighted by Crippen LogP contribution is 2.12. The first kappa shape index (κ1) is 19.7. The predicted molar refractivity (Wildman–Crippen MR) is 101 cm³/mol. The molecule has 1 amide bonds. The van der Waals surface area contributed by atoms with Crippen LogP contribution in [0.5, 0.6) is 5.75 Å². The van der Waals surface area contributed by atoms with Gasteiger partial charge in [-0.25, -0.2) is 0 Å². The molecule has 140 valence electrons. The Kier molecular flexibility index (Phi) is 8.72. The van der Waals surface area contributed by atoms with Crippen molar-refractivity contribution in [3.63, 3.8) is 0 Å². The molecule has 1 aliphatic rings. The number of benzene rings is 1. The van der Waals surface area contributed by atoms with Crippen molar-refractivity contribution >= 4 is 5.91 Å². The first-order valence-electron chi connectivity index (χ1n) is 9.39. The number of hydrogen-bond acceptors (Lipinski definition) is 5. The van der Waals surface area contributed by atoms with Crippen LogP contribution in [0, 0.1) is 0 Å². The van der Waals surface area contributed by atoms with Gasteiger partial charge >= 0.3 is 0 Å². The summed E-state index contributed by atoms with van der Waals surface area (Å²) in [6.07, 6.45) is 0. The van der Waals surface area contributed by atoms with Crippen molar-refractivity contribution in [2.75, 3.05) is 65.5 Å². The van der Waals surface area contributed by atoms with Gasteiger partial charge in [-0.2, -0.15) is 0 Å². The Morgan fingerprint density at radius 1 is 1.20 bits per heavy atom. The molecule has 0 radical (unpaired) electrons. The van der Waals surface area contributed by atoms with Crippen LogP contribution in [0.3, 0.4) is 0 Å². The number of amides is 1. The number of nitrogens with one attached hydrogen (secondary N) is 2. The lowest BCUT2D eigenvalue weighted by molar-refractivity contribution is 0.0947. The second-order valence-electron chi connectivity index (χ2n) is 6.25. The summed E-state index contributed by atoms with van der Waals surface area (Å²) in [7, 11) is 0. The van der Waals surface area contributed by atoms with E-state index < -0.39 is 0 Å². The lowest BCUT2D eigenvalue weighted by Crippen LogP contribution is -2.46. The number of likely N-dealkylation sites (N-methyl/N-ethyl adjacent to an activating group) is 1. The Morgan fingerprint density at radius 3 is 2.52 bits per heavy atom. The van der Waals surface area contributed by atoms with E-state index in [1.165, 1.54) is 0 Å². The summed E-state index contributed by atoms with van der Waals surface area (Å²) in [4.78, 5) is 16.9. The topological polar surface area (TPSA) is 56.8 Å². The quantitative estimate of drug-likeness (QED) is 0.662. The summed E-state index contributed by atoms with van der Waals surface area (Å²) in [5.74, 6) is 0.786. The zero-order chi connectivity index (χ0) is 17.9. The SMILES string of the molecule is CCN(CC)CCOc1ccc(C(=O)NCCN2CCNCC2)cc1. The van der Waals surface area contributed by atoms with Gasteiger partial charge in [0.1, 0.15) is 12.4 Å². The number of piperazine rings is 1. The molecule has 0 saturated carbocycles. The number of carbonyl (C=O) groups excluding carboxylic acids is 1. The van der Waals surface area contributed by atoms with E-state index in [2.05, 4.69) is 34.3 Å². The van der Waals surface area contributed by atoms with Gasteiger partial charge in [-0.1, -0.05) is 13.8 Å². The average molecular weight is 348 g/mol. The lowest BCUT2D eigenvalue weighted by Gasteiger charge is -2.27. The van der Waals surface area contributed by atoms with Crippen LogP contribution in [-0.2, 0) is 0 Å². The van der Waals surface area contributed by atoms with Gasteiger partial charge in [0.25, 0.3) is 5.91 Å². The van der Waals surface area contributed by atoms with Crippen LogP contribution in [0.1, 0.15) is 24.2 Å². The van der Waals surface area contributed by atoms with E-state index in [4.69, 9.17) is 4.74 Å². The third kappa shape index (κ3) is 7.02. The van der Waals surface area contributed by atoms with Crippen LogP contribution in [-0.4, -0.2) is 81.2 Å². The van der Waals surface area contributed by atoms with Crippen molar-refractivity contribution in [2.45, 2.75) is 13.8 Å². The minimum absolute atomic E-state index is 0.0233. The van der Waals surface area contributed by atoms with Crippen molar-refractivity contribution in [1.82, 2.24) is 20.4 Å². The van der Waals surface area contributed by atoms with Crippen molar-refractivity contribution in [3.05, 3.63) is 29.8 Å². The van der Waals surface area contributed by atoms with E-state index in [1.54, 1.807) is 0 Å². The Bertz CT molecular complexity index is 497. The van der Waals surface area contributed by atoms with Crippen molar-refractivity contribution < 1.29 is 9.53 Å². The molecule has 0 aliphatic carbocycles. The van der Waals surface area contributed by atoms with Gasteiger partial charge in [0.15, 0.2) is 0 Å². The monoisotopic (exact) mass is 348 g/mol. The third-order valence-corrected chi connectivity index (χ3v) is 4.61. The van der Waals surface area contributed by atoms with E-state index >= 15 is 0 Å². The van der Waals surface area contributed by atoms with Crippen LogP contribution in [0.25, 0.3) is 0 Å². The molecule has 2 rings (SSSR count). The van der Waals surface area contributed by atoms with Gasteiger partial charge in [-0.15, -0.1) is 0 Å². The minimum Gasteiger partial charge on any atom is -0.492 e. The highest BCUT2D eigenvalue weighted by molar-refractivity contribution is 5.94. The molecule has 0 atom stereocenters. The van der Waals surface area contributed by atoms with E-state index in [0.717, 1.165) is 58.1 Å². The molecule has 0 bridgehead atoms. The van der Waals surface area contributed by atoms with Crippen LogP contribution >= 0.6 is 0 Å². The fourth-order valence-corrected chi connectivity index (χ4v) is 2.90. The highest BCUT2D eigenvalue weighted by atomic mass is 16.5. The maximum atomic E-state index is 12.2. The molecular weight excluding hydrogens is 316 g/mol. The second kappa shape index (κ2) is 11.1. The van der Waals surface area contributed by atoms with E-state index in [1.807, 2.05) is 24.3 Å². The predicted octanol–water partition coefficient (Wildman–Crippen LogP) is 1.04. The average Bonchev–Trinajstić information content (AvgIpc) is 2.66. The zero-order valence-corrected chi connectivity index (χ0v) is 15.6. The van der Waals surface area contributed by atoms with Gasteiger partial charge in [-0.3, -0.25) is 9.69 Å². The molecule has 1 heterocycles. The minimum atomic E-state index is -0.0233. The maximum absolute atomic E-state index is 12.2. The van der Waals surface area contributed by atoms with Crippen LogP contribution in [0.15, 0.2) is 24.3 Å². The summed E-state index contributed by atoms with van der Waals surface area (Å²) in [6, 6.07) is 7.39. The normalized spacial score (nSPS) is 15.3. The maximum Gasteiger partial charge on any atom is 0.251 e. The molecule has 25 heavy (non-hydrogen) atoms. The molecule has 1 aromatic rings. The second-order valence-corrected chi connectivity index (χ2v) is 6.25. The molecule has 1 saturated heterocycles. The Labute approximate surface area is 151 Å². The molecule has 1 aliphatic heterocycles. The standard InChI is InChI=1S/C19H32N4O2/c1-3-22(4-2)15-16-25-18-7-5-17(6-8-18)19(24)21-11-14-23-12-9-20-10-13-23/h5-8,20H,3-4,9-16H2,1-2H3,(H,21,24). The van der Waals surface area contributed by atoms with E-state index in [0.29, 0.717) is 18.7 Å². The fraction of sp³-hybridized carbons (Fsp3) is 0.632. The zero-order valence-electron chi connectivity index (χ0n) is 15.6. The van der Waals surface area contributed by atoms with Crippen LogP contribution < -0.4 is 15.4 Å². The van der Waals surface area contributed by atoms with Gasteiger partial charge in [0.2, 0.25) is 0 Å². The number of ether oxygens (including phenoxy) is 1. The van der Waals surface area contributed by atoms with E-state index in [-0.39, 0.29) is 5.91 Å². The van der Waals surface area contributed by atoms with Crippen LogP contribution in [0.2, 0.25) is 0 Å². The summed E-state index contributed by atoms with van der Waals surface area (Å²) >= 11 is 0. The lowest BCUT2D eigenvalue weighted by atomic mass is 10.2. The summed E-state index contributed by atoms with van der Waals surface area (Å²) in [6.45, 7) is 13.7. The molecular formula is C19H32N4O2. The number of carbonyl (C=O) groups is 1. The molecule has 6 heteroatoms. The van der Waals surface area contributed by atoms with Crippen molar-refractivity contribution in [2.24, 2.45) is 0 Å². The Balaban J connectivity index is 1.68. The fourth-order valence-electron chi connectivity index (χ4n) is 2.90. The van der Waals surface area contributed by atoms with Gasteiger partial charge in [0.05, 0.1) is 0 Å². The summed E-state index contributed by atoms with van der Waals surface area (Å²) < 4.78 is 5.75. The van der Waals surface area contributed by atoms with Gasteiger partial charge < -0.3 is 20.3 Å². The van der Waals surface area contributed by atoms with Crippen molar-refractivity contribution in [3.8, 4) is 5.75 Å². The molecule has 0 unspecified atom stereocenters. The largest absolute Gasteiger partial charge is 0.492 e. The third-order valence-electron chi connectivity index (χ3n) is 4.61. The number of rotatable bonds is 10. The Morgan fingerprint density at radius 2 is 1.88 bits per heavy atom. The molecule has 6 nitrogen and oxygen atoms in total. The molecule has 1 fully saturated rings. The van der Waals surface area contributed by atoms with Gasteiger partial charge in [-0.05, 0) is 37.4 Å². The van der Waals surface area contributed by atoms with Gasteiger partial charge in [0, 0.05) is 51.4 Å². The first-order valence-corrected chi connectivity index (χ1v) is 9.39. The molecule has 2 N–H and O–H groups in total. The number of nitrogens with zero attached hydrogens (tertiary/aromatic N) is 2. The first-order chi connectivity index (χ1) is 12.2. The number of hydrogen-bond donors (Lipinski definition) is 2. The molecule has 1 aromatic carbocycles. The van der Waals surface area contributed by atoms with E-state index in [9.17, 15) is 4.79 Å². The summed E-state index contributed by atoms with van der Waals surface area (Å²) in [5, 5.41) is 6.32. The molecule has 0 aromatic heterocycles. The van der Waals surface area contributed by atoms with Crippen LogP contribution in [0.4, 0.5) is 0 Å². The molecule has 0 spiro atoms.